The maximum atomic E-state index is 3.77. The largest absolute Gasteiger partial charge is 1.00 e. The molecule has 0 spiro atoms. The molecule has 0 unspecified atom stereocenters. The first-order valence-corrected chi connectivity index (χ1v) is 9.08. The summed E-state index contributed by atoms with van der Waals surface area (Å²) in [6.45, 7) is 31.1. The first-order valence-electron chi connectivity index (χ1n) is 7.95. The highest BCUT2D eigenvalue weighted by molar-refractivity contribution is 9.09. The van der Waals surface area contributed by atoms with Crippen LogP contribution in [0.15, 0.2) is 88.6 Å². The molecule has 1 N–H and O–H groups in total. The molecule has 0 amide bonds. The average molecular weight is 492 g/mol. The van der Waals surface area contributed by atoms with E-state index >= 15 is 0 Å². The highest BCUT2D eigenvalue weighted by atomic mass is 79.9. The SMILES string of the molecule is C.C=CCBr.C=CCNCC=C.C=CC[N+](CC=C)(CC=C)CC=C.[Br-]. The second-order valence-electron chi connectivity index (χ2n) is 4.91. The molecule has 152 valence electrons. The van der Waals surface area contributed by atoms with Crippen molar-refractivity contribution in [2.45, 2.75) is 7.43 Å². The Balaban J connectivity index is -0.0000000963. The summed E-state index contributed by atoms with van der Waals surface area (Å²) >= 11 is 3.13. The van der Waals surface area contributed by atoms with Gasteiger partial charge >= 0.3 is 0 Å². The third-order valence-corrected chi connectivity index (χ3v) is 3.21. The van der Waals surface area contributed by atoms with Crippen molar-refractivity contribution >= 4 is 15.9 Å². The molecule has 0 aliphatic rings. The van der Waals surface area contributed by atoms with Crippen molar-refractivity contribution in [3.63, 3.8) is 0 Å². The second kappa shape index (κ2) is 31.8. The van der Waals surface area contributed by atoms with Crippen LogP contribution in [-0.2, 0) is 0 Å². The molecule has 0 fully saturated rings. The Kier molecular flexibility index (Phi) is 44.1. The Morgan fingerprint density at radius 3 is 1.04 bits per heavy atom. The van der Waals surface area contributed by atoms with Gasteiger partial charge in [-0.25, -0.2) is 0 Å². The molecule has 0 aliphatic carbocycles. The number of quaternary nitrogens is 1. The van der Waals surface area contributed by atoms with E-state index in [-0.39, 0.29) is 24.4 Å². The van der Waals surface area contributed by atoms with E-state index < -0.39 is 0 Å². The number of hydrogen-bond acceptors (Lipinski definition) is 1. The van der Waals surface area contributed by atoms with Crippen LogP contribution < -0.4 is 22.3 Å². The van der Waals surface area contributed by atoms with Crippen LogP contribution in [0.25, 0.3) is 0 Å². The number of rotatable bonds is 13. The predicted octanol–water partition coefficient (Wildman–Crippen LogP) is 2.70. The van der Waals surface area contributed by atoms with Gasteiger partial charge in [0.05, 0.1) is 26.2 Å². The van der Waals surface area contributed by atoms with Gasteiger partial charge in [0.2, 0.25) is 0 Å². The average Bonchev–Trinajstić information content (AvgIpc) is 2.57. The molecule has 4 heteroatoms. The summed E-state index contributed by atoms with van der Waals surface area (Å²) in [5.74, 6) is 0. The van der Waals surface area contributed by atoms with Crippen LogP contribution in [0.1, 0.15) is 7.43 Å². The van der Waals surface area contributed by atoms with Gasteiger partial charge in [-0.15, -0.1) is 19.7 Å². The first kappa shape index (κ1) is 36.1. The van der Waals surface area contributed by atoms with Crippen LogP contribution in [-0.4, -0.2) is 49.1 Å². The van der Waals surface area contributed by atoms with Crippen LogP contribution in [0.4, 0.5) is 0 Å². The standard InChI is InChI=1S/C12H20N.C6H11N.C3H5Br.CH4.BrH/c1-5-9-13(10-6-2,11-7-3)12-8-4;1-3-5-7-6-4-2;1-2-3-4;;/h5-8H,1-4,9-12H2;3-4,7H,1-2,5-6H2;2H,1,3H2;1H4;1H/q+1;;;;/p-1. The zero-order valence-corrected chi connectivity index (χ0v) is 18.8. The molecule has 26 heavy (non-hydrogen) atoms. The van der Waals surface area contributed by atoms with Crippen molar-refractivity contribution in [1.82, 2.24) is 5.32 Å². The Labute approximate surface area is 182 Å². The fourth-order valence-electron chi connectivity index (χ4n) is 1.83. The van der Waals surface area contributed by atoms with Gasteiger partial charge in [0.25, 0.3) is 0 Å². The molecule has 0 saturated heterocycles. The van der Waals surface area contributed by atoms with E-state index in [9.17, 15) is 0 Å². The summed E-state index contributed by atoms with van der Waals surface area (Å²) in [6.07, 6.45) is 13.2. The van der Waals surface area contributed by atoms with Crippen molar-refractivity contribution < 1.29 is 21.5 Å². The van der Waals surface area contributed by atoms with Crippen molar-refractivity contribution in [2.75, 3.05) is 44.6 Å². The molecule has 0 atom stereocenters. The molecular formula is C22H40Br2N2. The number of halogens is 2. The van der Waals surface area contributed by atoms with Gasteiger partial charge in [-0.3, -0.25) is 0 Å². The number of hydrogen-bond donors (Lipinski definition) is 1. The van der Waals surface area contributed by atoms with E-state index in [1.54, 1.807) is 6.08 Å². The van der Waals surface area contributed by atoms with E-state index in [0.717, 1.165) is 49.1 Å². The molecule has 0 rings (SSSR count). The summed E-state index contributed by atoms with van der Waals surface area (Å²) in [4.78, 5) is 0. The van der Waals surface area contributed by atoms with Crippen molar-refractivity contribution in [1.29, 1.82) is 0 Å². The van der Waals surface area contributed by atoms with Crippen molar-refractivity contribution in [3.05, 3.63) is 88.6 Å². The fraction of sp³-hybridized carbons (Fsp3) is 0.364. The summed E-state index contributed by atoms with van der Waals surface area (Å²) in [5, 5.41) is 3.94. The highest BCUT2D eigenvalue weighted by Crippen LogP contribution is 2.07. The van der Waals surface area contributed by atoms with Gasteiger partial charge in [0.15, 0.2) is 0 Å². The molecule has 2 nitrogen and oxygen atoms in total. The first-order chi connectivity index (χ1) is 11.6. The van der Waals surface area contributed by atoms with E-state index in [4.69, 9.17) is 0 Å². The maximum absolute atomic E-state index is 3.77. The molecule has 0 aromatic rings. The van der Waals surface area contributed by atoms with Gasteiger partial charge < -0.3 is 26.8 Å². The van der Waals surface area contributed by atoms with Gasteiger partial charge in [-0.1, -0.05) is 67.9 Å². The molecule has 0 aliphatic heterocycles. The topological polar surface area (TPSA) is 12.0 Å². The van der Waals surface area contributed by atoms with Gasteiger partial charge in [-0.2, -0.15) is 0 Å². The van der Waals surface area contributed by atoms with E-state index in [1.807, 2.05) is 36.5 Å². The third kappa shape index (κ3) is 27.9. The normalized spacial score (nSPS) is 8.35. The number of nitrogens with one attached hydrogen (secondary N) is 1. The van der Waals surface area contributed by atoms with E-state index in [1.165, 1.54) is 0 Å². The van der Waals surface area contributed by atoms with Crippen LogP contribution in [0, 0.1) is 0 Å². The lowest BCUT2D eigenvalue weighted by molar-refractivity contribution is -0.906. The maximum Gasteiger partial charge on any atom is 0.0978 e. The van der Waals surface area contributed by atoms with Gasteiger partial charge in [0, 0.05) is 18.4 Å². The molecule has 0 heterocycles. The minimum atomic E-state index is 0. The van der Waals surface area contributed by atoms with Crippen molar-refractivity contribution in [2.24, 2.45) is 0 Å². The quantitative estimate of drug-likeness (QED) is 0.181. The lowest BCUT2D eigenvalue weighted by atomic mass is 10.3. The van der Waals surface area contributed by atoms with Gasteiger partial charge in [-0.05, 0) is 24.3 Å². The third-order valence-electron chi connectivity index (χ3n) is 2.75. The van der Waals surface area contributed by atoms with E-state index in [0.29, 0.717) is 0 Å². The minimum absolute atomic E-state index is 0. The number of nitrogens with zero attached hydrogens (tertiary/aromatic N) is 1. The molecule has 0 radical (unpaired) electrons. The van der Waals surface area contributed by atoms with E-state index in [2.05, 4.69) is 67.3 Å². The van der Waals surface area contributed by atoms with Crippen LogP contribution in [0.5, 0.6) is 0 Å². The Morgan fingerprint density at radius 2 is 0.885 bits per heavy atom. The molecular weight excluding hydrogens is 452 g/mol. The minimum Gasteiger partial charge on any atom is -1.00 e. The summed E-state index contributed by atoms with van der Waals surface area (Å²) < 4.78 is 0.903. The predicted molar refractivity (Wildman–Crippen MR) is 125 cm³/mol. The fourth-order valence-corrected chi connectivity index (χ4v) is 1.83. The summed E-state index contributed by atoms with van der Waals surface area (Å²) in [5.41, 5.74) is 0. The molecule has 0 aromatic carbocycles. The van der Waals surface area contributed by atoms with Gasteiger partial charge in [0.1, 0.15) is 0 Å². The Hall–Kier alpha value is -0.940. The molecule has 0 bridgehead atoms. The second-order valence-corrected chi connectivity index (χ2v) is 5.55. The highest BCUT2D eigenvalue weighted by Gasteiger charge is 2.20. The number of alkyl halides is 1. The zero-order chi connectivity index (χ0) is 19.1. The summed E-state index contributed by atoms with van der Waals surface area (Å²) in [6, 6.07) is 0. The van der Waals surface area contributed by atoms with Crippen LogP contribution in [0.3, 0.4) is 0 Å². The Morgan fingerprint density at radius 1 is 0.615 bits per heavy atom. The number of allylic oxidation sites excluding steroid dienone is 1. The Bertz CT molecular complexity index is 310. The molecule has 0 saturated carbocycles. The zero-order valence-electron chi connectivity index (χ0n) is 15.6. The lowest BCUT2D eigenvalue weighted by Gasteiger charge is -2.35. The molecule has 0 aromatic heterocycles. The van der Waals surface area contributed by atoms with Crippen LogP contribution in [0.2, 0.25) is 0 Å². The summed E-state index contributed by atoms with van der Waals surface area (Å²) in [7, 11) is 0. The lowest BCUT2D eigenvalue weighted by Crippen LogP contribution is -3.00. The smallest absolute Gasteiger partial charge is 0.0978 e. The van der Waals surface area contributed by atoms with Crippen LogP contribution >= 0.6 is 15.9 Å². The monoisotopic (exact) mass is 490 g/mol. The van der Waals surface area contributed by atoms with Crippen molar-refractivity contribution in [3.8, 4) is 0 Å².